The van der Waals surface area contributed by atoms with Crippen molar-refractivity contribution in [2.75, 3.05) is 0 Å². The van der Waals surface area contributed by atoms with Gasteiger partial charge < -0.3 is 4.74 Å². The van der Waals surface area contributed by atoms with Crippen LogP contribution in [0, 0.1) is 13.8 Å². The fourth-order valence-electron chi connectivity index (χ4n) is 2.39. The van der Waals surface area contributed by atoms with E-state index in [2.05, 4.69) is 57.2 Å². The molecule has 0 fully saturated rings. The van der Waals surface area contributed by atoms with Crippen molar-refractivity contribution in [2.45, 2.75) is 52.9 Å². The Bertz CT molecular complexity index is 555. The lowest BCUT2D eigenvalue weighted by molar-refractivity contribution is 0.482. The summed E-state index contributed by atoms with van der Waals surface area (Å²) in [5.41, 5.74) is 3.96. The van der Waals surface area contributed by atoms with Gasteiger partial charge in [-0.2, -0.15) is 0 Å². The van der Waals surface area contributed by atoms with E-state index < -0.39 is 0 Å². The molecule has 0 bridgehead atoms. The van der Waals surface area contributed by atoms with Crippen molar-refractivity contribution < 1.29 is 4.74 Å². The van der Waals surface area contributed by atoms with Gasteiger partial charge in [0.15, 0.2) is 0 Å². The van der Waals surface area contributed by atoms with Crippen molar-refractivity contribution in [3.8, 4) is 11.5 Å². The summed E-state index contributed by atoms with van der Waals surface area (Å²) in [5.74, 6) is 1.82. The molecule has 0 spiro atoms. The van der Waals surface area contributed by atoms with Crippen LogP contribution in [0.1, 0.15) is 49.3 Å². The molecule has 0 radical (unpaired) electrons. The minimum absolute atomic E-state index is 0.911. The van der Waals surface area contributed by atoms with E-state index in [1.165, 1.54) is 48.8 Å². The zero-order chi connectivity index (χ0) is 15.1. The highest BCUT2D eigenvalue weighted by Gasteiger charge is 2.00. The molecule has 0 aliphatic heterocycles. The molecule has 1 nitrogen and oxygen atoms in total. The average Bonchev–Trinajstić information content (AvgIpc) is 2.49. The molecule has 2 rings (SSSR count). The number of ether oxygens (including phenoxy) is 1. The van der Waals surface area contributed by atoms with Crippen LogP contribution in [-0.2, 0) is 6.42 Å². The Labute approximate surface area is 129 Å². The van der Waals surface area contributed by atoms with Gasteiger partial charge in [-0.25, -0.2) is 0 Å². The smallest absolute Gasteiger partial charge is 0.127 e. The minimum Gasteiger partial charge on any atom is -0.457 e. The Morgan fingerprint density at radius 2 is 1.48 bits per heavy atom. The summed E-state index contributed by atoms with van der Waals surface area (Å²) in [4.78, 5) is 0. The fourth-order valence-corrected chi connectivity index (χ4v) is 2.39. The molecule has 0 atom stereocenters. The molecule has 2 aromatic carbocycles. The number of aryl methyl sites for hydroxylation is 3. The first-order chi connectivity index (χ1) is 10.2. The van der Waals surface area contributed by atoms with E-state index in [4.69, 9.17) is 4.74 Å². The highest BCUT2D eigenvalue weighted by Crippen LogP contribution is 2.24. The van der Waals surface area contributed by atoms with Crippen LogP contribution in [0.15, 0.2) is 42.5 Å². The molecule has 0 aromatic heterocycles. The monoisotopic (exact) mass is 282 g/mol. The first-order valence-corrected chi connectivity index (χ1v) is 8.03. The first kappa shape index (κ1) is 15.6. The van der Waals surface area contributed by atoms with Crippen LogP contribution in [0.25, 0.3) is 0 Å². The Hall–Kier alpha value is -1.76. The van der Waals surface area contributed by atoms with Crippen LogP contribution in [-0.4, -0.2) is 0 Å². The molecule has 0 saturated heterocycles. The summed E-state index contributed by atoms with van der Waals surface area (Å²) in [5, 5.41) is 0. The molecule has 1 heteroatoms. The van der Waals surface area contributed by atoms with Crippen LogP contribution in [0.2, 0.25) is 0 Å². The maximum atomic E-state index is 5.91. The second-order valence-corrected chi connectivity index (χ2v) is 5.80. The Kier molecular flexibility index (Phi) is 5.86. The molecule has 0 N–H and O–H groups in total. The largest absolute Gasteiger partial charge is 0.457 e. The highest BCUT2D eigenvalue weighted by atomic mass is 16.5. The SMILES string of the molecule is CCCCCCc1ccc(Oc2ccc(C)c(C)c2)cc1. The zero-order valence-corrected chi connectivity index (χ0v) is 13.5. The topological polar surface area (TPSA) is 9.23 Å². The summed E-state index contributed by atoms with van der Waals surface area (Å²) in [6.45, 7) is 6.48. The summed E-state index contributed by atoms with van der Waals surface area (Å²) in [6, 6.07) is 14.7. The van der Waals surface area contributed by atoms with Crippen molar-refractivity contribution in [2.24, 2.45) is 0 Å². The van der Waals surface area contributed by atoms with Gasteiger partial charge in [0, 0.05) is 0 Å². The van der Waals surface area contributed by atoms with E-state index >= 15 is 0 Å². The Balaban J connectivity index is 1.91. The zero-order valence-electron chi connectivity index (χ0n) is 13.5. The van der Waals surface area contributed by atoms with Crippen molar-refractivity contribution in [3.05, 3.63) is 59.2 Å². The summed E-state index contributed by atoms with van der Waals surface area (Å²) in [6.07, 6.45) is 6.42. The summed E-state index contributed by atoms with van der Waals surface area (Å²) in [7, 11) is 0. The maximum absolute atomic E-state index is 5.91. The second-order valence-electron chi connectivity index (χ2n) is 5.80. The van der Waals surface area contributed by atoms with Gasteiger partial charge in [-0.3, -0.25) is 0 Å². The van der Waals surface area contributed by atoms with Gasteiger partial charge >= 0.3 is 0 Å². The van der Waals surface area contributed by atoms with Crippen LogP contribution >= 0.6 is 0 Å². The number of hydrogen-bond acceptors (Lipinski definition) is 1. The standard InChI is InChI=1S/C20H26O/c1-4-5-6-7-8-18-10-13-19(14-11-18)21-20-12-9-16(2)17(3)15-20/h9-15H,4-8H2,1-3H3. The van der Waals surface area contributed by atoms with Crippen molar-refractivity contribution in [1.82, 2.24) is 0 Å². The van der Waals surface area contributed by atoms with Gasteiger partial charge in [-0.15, -0.1) is 0 Å². The quantitative estimate of drug-likeness (QED) is 0.548. The van der Waals surface area contributed by atoms with Crippen LogP contribution in [0.4, 0.5) is 0 Å². The van der Waals surface area contributed by atoms with E-state index in [-0.39, 0.29) is 0 Å². The van der Waals surface area contributed by atoms with Gasteiger partial charge in [-0.05, 0) is 67.6 Å². The van der Waals surface area contributed by atoms with Crippen molar-refractivity contribution in [3.63, 3.8) is 0 Å². The number of unbranched alkanes of at least 4 members (excludes halogenated alkanes) is 3. The molecular weight excluding hydrogens is 256 g/mol. The molecule has 21 heavy (non-hydrogen) atoms. The van der Waals surface area contributed by atoms with Gasteiger partial charge in [0.05, 0.1) is 0 Å². The highest BCUT2D eigenvalue weighted by molar-refractivity contribution is 5.37. The van der Waals surface area contributed by atoms with Crippen molar-refractivity contribution in [1.29, 1.82) is 0 Å². The summed E-state index contributed by atoms with van der Waals surface area (Å²) >= 11 is 0. The third kappa shape index (κ3) is 4.93. The molecule has 0 heterocycles. The normalized spacial score (nSPS) is 10.6. The van der Waals surface area contributed by atoms with E-state index in [0.717, 1.165) is 11.5 Å². The first-order valence-electron chi connectivity index (χ1n) is 8.03. The number of benzene rings is 2. The van der Waals surface area contributed by atoms with E-state index in [9.17, 15) is 0 Å². The van der Waals surface area contributed by atoms with E-state index in [1.807, 2.05) is 6.07 Å². The van der Waals surface area contributed by atoms with E-state index in [0.29, 0.717) is 0 Å². The lowest BCUT2D eigenvalue weighted by Gasteiger charge is -2.09. The van der Waals surface area contributed by atoms with Crippen LogP contribution in [0.5, 0.6) is 11.5 Å². The van der Waals surface area contributed by atoms with Gasteiger partial charge in [0.25, 0.3) is 0 Å². The molecule has 0 amide bonds. The predicted molar refractivity (Wildman–Crippen MR) is 90.3 cm³/mol. The summed E-state index contributed by atoms with van der Waals surface area (Å²) < 4.78 is 5.91. The van der Waals surface area contributed by atoms with Crippen molar-refractivity contribution >= 4 is 0 Å². The number of hydrogen-bond donors (Lipinski definition) is 0. The lowest BCUT2D eigenvalue weighted by Crippen LogP contribution is -1.89. The van der Waals surface area contributed by atoms with Gasteiger partial charge in [0.2, 0.25) is 0 Å². The molecule has 2 aromatic rings. The predicted octanol–water partition coefficient (Wildman–Crippen LogP) is 6.22. The second kappa shape index (κ2) is 7.87. The maximum Gasteiger partial charge on any atom is 0.127 e. The molecular formula is C20H26O. The Morgan fingerprint density at radius 3 is 2.14 bits per heavy atom. The Morgan fingerprint density at radius 1 is 0.762 bits per heavy atom. The molecule has 0 saturated carbocycles. The average molecular weight is 282 g/mol. The van der Waals surface area contributed by atoms with Crippen LogP contribution in [0.3, 0.4) is 0 Å². The fraction of sp³-hybridized carbons (Fsp3) is 0.400. The molecule has 0 aliphatic carbocycles. The van der Waals surface area contributed by atoms with E-state index in [1.54, 1.807) is 0 Å². The van der Waals surface area contributed by atoms with Gasteiger partial charge in [0.1, 0.15) is 11.5 Å². The molecule has 112 valence electrons. The van der Waals surface area contributed by atoms with Crippen LogP contribution < -0.4 is 4.74 Å². The lowest BCUT2D eigenvalue weighted by atomic mass is 10.1. The van der Waals surface area contributed by atoms with Gasteiger partial charge in [-0.1, -0.05) is 44.4 Å². The third-order valence-corrected chi connectivity index (χ3v) is 3.96. The molecule has 0 aliphatic rings. The minimum atomic E-state index is 0.911. The number of rotatable bonds is 7. The molecule has 0 unspecified atom stereocenters. The third-order valence-electron chi connectivity index (χ3n) is 3.96.